The number of rotatable bonds is 3. The normalized spacial score (nSPS) is 24.1. The Morgan fingerprint density at radius 2 is 1.74 bits per heavy atom. The van der Waals surface area contributed by atoms with E-state index in [0.29, 0.717) is 17.9 Å². The standard InChI is InChI=1S/C18H28N4O/c1-14(2)22-11-4-3-6-16(17(22)23)15-7-12-21(13-8-15)18-19-9-5-10-20-18/h5,9-10,14-16H,3-4,6-8,11-13H2,1-2H3/t16-/m0/s1. The molecule has 1 aromatic heterocycles. The van der Waals surface area contributed by atoms with Gasteiger partial charge in [-0.1, -0.05) is 6.42 Å². The molecule has 0 saturated carbocycles. The summed E-state index contributed by atoms with van der Waals surface area (Å²) in [7, 11) is 0. The Bertz CT molecular complexity index is 511. The first-order valence-electron chi connectivity index (χ1n) is 8.99. The number of likely N-dealkylation sites (tertiary alicyclic amines) is 1. The Hall–Kier alpha value is -1.65. The summed E-state index contributed by atoms with van der Waals surface area (Å²) in [6.45, 7) is 7.12. The molecule has 2 fully saturated rings. The summed E-state index contributed by atoms with van der Waals surface area (Å²) in [5.41, 5.74) is 0. The van der Waals surface area contributed by atoms with Crippen molar-refractivity contribution in [2.75, 3.05) is 24.5 Å². The van der Waals surface area contributed by atoms with Crippen LogP contribution in [-0.2, 0) is 4.79 Å². The van der Waals surface area contributed by atoms with Gasteiger partial charge >= 0.3 is 0 Å². The highest BCUT2D eigenvalue weighted by atomic mass is 16.2. The van der Waals surface area contributed by atoms with Gasteiger partial charge in [0.2, 0.25) is 11.9 Å². The Labute approximate surface area is 139 Å². The van der Waals surface area contributed by atoms with E-state index in [2.05, 4.69) is 33.6 Å². The molecule has 3 rings (SSSR count). The van der Waals surface area contributed by atoms with E-state index < -0.39 is 0 Å². The quantitative estimate of drug-likeness (QED) is 0.860. The van der Waals surface area contributed by atoms with Gasteiger partial charge in [-0.2, -0.15) is 0 Å². The molecule has 1 aromatic rings. The van der Waals surface area contributed by atoms with Crippen LogP contribution in [0.3, 0.4) is 0 Å². The lowest BCUT2D eigenvalue weighted by Gasteiger charge is -2.37. The molecule has 0 spiro atoms. The molecule has 1 atom stereocenters. The Morgan fingerprint density at radius 3 is 2.39 bits per heavy atom. The van der Waals surface area contributed by atoms with Crippen molar-refractivity contribution in [1.29, 1.82) is 0 Å². The van der Waals surface area contributed by atoms with Crippen molar-refractivity contribution in [3.63, 3.8) is 0 Å². The Morgan fingerprint density at radius 1 is 1.04 bits per heavy atom. The highest BCUT2D eigenvalue weighted by molar-refractivity contribution is 5.79. The summed E-state index contributed by atoms with van der Waals surface area (Å²) in [4.78, 5) is 26.0. The fraction of sp³-hybridized carbons (Fsp3) is 0.722. The highest BCUT2D eigenvalue weighted by Gasteiger charge is 2.36. The molecule has 2 aliphatic heterocycles. The van der Waals surface area contributed by atoms with Gasteiger partial charge in [0.25, 0.3) is 0 Å². The van der Waals surface area contributed by atoms with Gasteiger partial charge in [-0.25, -0.2) is 9.97 Å². The first-order chi connectivity index (χ1) is 11.2. The molecule has 0 aliphatic carbocycles. The van der Waals surface area contributed by atoms with E-state index in [1.165, 1.54) is 6.42 Å². The monoisotopic (exact) mass is 316 g/mol. The largest absolute Gasteiger partial charge is 0.341 e. The van der Waals surface area contributed by atoms with Gasteiger partial charge in [0.05, 0.1) is 0 Å². The fourth-order valence-corrected chi connectivity index (χ4v) is 4.00. The van der Waals surface area contributed by atoms with Crippen molar-refractivity contribution in [3.8, 4) is 0 Å². The van der Waals surface area contributed by atoms with E-state index >= 15 is 0 Å². The molecule has 0 radical (unpaired) electrons. The summed E-state index contributed by atoms with van der Waals surface area (Å²) in [6, 6.07) is 2.17. The maximum Gasteiger partial charge on any atom is 0.226 e. The molecule has 3 heterocycles. The van der Waals surface area contributed by atoms with E-state index in [4.69, 9.17) is 0 Å². The van der Waals surface area contributed by atoms with E-state index in [9.17, 15) is 4.79 Å². The molecule has 0 unspecified atom stereocenters. The molecule has 5 heteroatoms. The number of anilines is 1. The van der Waals surface area contributed by atoms with E-state index in [0.717, 1.165) is 51.3 Å². The van der Waals surface area contributed by atoms with Gasteiger partial charge in [-0.15, -0.1) is 0 Å². The van der Waals surface area contributed by atoms with Crippen LogP contribution in [0.5, 0.6) is 0 Å². The number of carbonyl (C=O) groups excluding carboxylic acids is 1. The zero-order valence-electron chi connectivity index (χ0n) is 14.3. The van der Waals surface area contributed by atoms with Crippen molar-refractivity contribution in [3.05, 3.63) is 18.5 Å². The molecular weight excluding hydrogens is 288 g/mol. The van der Waals surface area contributed by atoms with Crippen LogP contribution in [0.4, 0.5) is 5.95 Å². The van der Waals surface area contributed by atoms with Crippen LogP contribution < -0.4 is 4.90 Å². The van der Waals surface area contributed by atoms with Crippen molar-refractivity contribution in [2.45, 2.75) is 52.0 Å². The molecule has 2 saturated heterocycles. The minimum Gasteiger partial charge on any atom is -0.341 e. The SMILES string of the molecule is CC(C)N1CCCC[C@@H](C2CCN(c3ncccn3)CC2)C1=O. The second-order valence-electron chi connectivity index (χ2n) is 7.10. The molecule has 2 aliphatic rings. The molecule has 23 heavy (non-hydrogen) atoms. The van der Waals surface area contributed by atoms with Crippen LogP contribution in [0, 0.1) is 11.8 Å². The third-order valence-electron chi connectivity index (χ3n) is 5.33. The number of carbonyl (C=O) groups is 1. The van der Waals surface area contributed by atoms with E-state index in [1.807, 2.05) is 6.07 Å². The molecule has 0 N–H and O–H groups in total. The Kier molecular flexibility index (Phi) is 5.13. The third-order valence-corrected chi connectivity index (χ3v) is 5.33. The van der Waals surface area contributed by atoms with Crippen LogP contribution in [0.2, 0.25) is 0 Å². The number of aromatic nitrogens is 2. The highest BCUT2D eigenvalue weighted by Crippen LogP contribution is 2.33. The average Bonchev–Trinajstić information content (AvgIpc) is 2.77. The molecule has 0 aromatic carbocycles. The topological polar surface area (TPSA) is 49.3 Å². The van der Waals surface area contributed by atoms with Gasteiger partial charge in [0, 0.05) is 44.0 Å². The third kappa shape index (κ3) is 3.65. The van der Waals surface area contributed by atoms with Crippen LogP contribution in [0.1, 0.15) is 46.0 Å². The summed E-state index contributed by atoms with van der Waals surface area (Å²) in [6.07, 6.45) is 9.13. The number of piperidine rings is 1. The number of nitrogens with zero attached hydrogens (tertiary/aromatic N) is 4. The van der Waals surface area contributed by atoms with Crippen LogP contribution in [0.15, 0.2) is 18.5 Å². The van der Waals surface area contributed by atoms with Gasteiger partial charge < -0.3 is 9.80 Å². The van der Waals surface area contributed by atoms with Gasteiger partial charge in [0.15, 0.2) is 0 Å². The van der Waals surface area contributed by atoms with Gasteiger partial charge in [0.1, 0.15) is 0 Å². The smallest absolute Gasteiger partial charge is 0.226 e. The summed E-state index contributed by atoms with van der Waals surface area (Å²) >= 11 is 0. The van der Waals surface area contributed by atoms with Crippen LogP contribution in [0.25, 0.3) is 0 Å². The second-order valence-corrected chi connectivity index (χ2v) is 7.10. The average molecular weight is 316 g/mol. The minimum absolute atomic E-state index is 0.221. The zero-order valence-corrected chi connectivity index (χ0v) is 14.3. The van der Waals surface area contributed by atoms with Crippen LogP contribution >= 0.6 is 0 Å². The minimum atomic E-state index is 0.221. The fourth-order valence-electron chi connectivity index (χ4n) is 4.00. The van der Waals surface area contributed by atoms with Gasteiger partial charge in [-0.3, -0.25) is 4.79 Å². The lowest BCUT2D eigenvalue weighted by Crippen LogP contribution is -2.45. The maximum absolute atomic E-state index is 12.9. The molecular formula is C18H28N4O. The zero-order chi connectivity index (χ0) is 16.2. The summed E-state index contributed by atoms with van der Waals surface area (Å²) in [5.74, 6) is 1.95. The first kappa shape index (κ1) is 16.2. The maximum atomic E-state index is 12.9. The van der Waals surface area contributed by atoms with E-state index in [-0.39, 0.29) is 5.92 Å². The summed E-state index contributed by atoms with van der Waals surface area (Å²) in [5, 5.41) is 0. The predicted molar refractivity (Wildman–Crippen MR) is 91.2 cm³/mol. The summed E-state index contributed by atoms with van der Waals surface area (Å²) < 4.78 is 0. The van der Waals surface area contributed by atoms with Crippen molar-refractivity contribution in [2.24, 2.45) is 11.8 Å². The lowest BCUT2D eigenvalue weighted by atomic mass is 9.81. The predicted octanol–water partition coefficient (Wildman–Crippen LogP) is 2.73. The first-order valence-corrected chi connectivity index (χ1v) is 8.99. The number of hydrogen-bond acceptors (Lipinski definition) is 4. The van der Waals surface area contributed by atoms with Crippen molar-refractivity contribution in [1.82, 2.24) is 14.9 Å². The molecule has 126 valence electrons. The molecule has 5 nitrogen and oxygen atoms in total. The lowest BCUT2D eigenvalue weighted by molar-refractivity contribution is -0.138. The number of amides is 1. The molecule has 1 amide bonds. The second kappa shape index (κ2) is 7.28. The van der Waals surface area contributed by atoms with Gasteiger partial charge in [-0.05, 0) is 51.5 Å². The molecule has 0 bridgehead atoms. The van der Waals surface area contributed by atoms with Crippen LogP contribution in [-0.4, -0.2) is 46.5 Å². The van der Waals surface area contributed by atoms with Crippen molar-refractivity contribution < 1.29 is 4.79 Å². The number of hydrogen-bond donors (Lipinski definition) is 0. The van der Waals surface area contributed by atoms with Crippen molar-refractivity contribution >= 4 is 11.9 Å². The van der Waals surface area contributed by atoms with E-state index in [1.54, 1.807) is 12.4 Å². The Balaban J connectivity index is 1.63.